The highest BCUT2D eigenvalue weighted by Gasteiger charge is 2.32. The second-order valence-electron chi connectivity index (χ2n) is 2.29. The van der Waals surface area contributed by atoms with E-state index in [4.69, 9.17) is 0 Å². The van der Waals surface area contributed by atoms with Gasteiger partial charge in [0.2, 0.25) is 5.85 Å². The first-order valence-electron chi connectivity index (χ1n) is 3.04. The Morgan fingerprint density at radius 3 is 2.64 bits per heavy atom. The van der Waals surface area contributed by atoms with Crippen molar-refractivity contribution >= 4 is 0 Å². The zero-order valence-electron chi connectivity index (χ0n) is 5.90. The van der Waals surface area contributed by atoms with E-state index in [0.717, 1.165) is 7.11 Å². The SMILES string of the molecule is COC1(F)C=C(F)C=C(F)C1. The Balaban J connectivity index is 2.86. The van der Waals surface area contributed by atoms with Crippen LogP contribution < -0.4 is 0 Å². The molecule has 0 saturated heterocycles. The Hall–Kier alpha value is -0.770. The van der Waals surface area contributed by atoms with Crippen molar-refractivity contribution in [3.05, 3.63) is 23.8 Å². The predicted octanol–water partition coefficient (Wildman–Crippen LogP) is 2.41. The molecule has 0 aliphatic heterocycles. The van der Waals surface area contributed by atoms with Crippen LogP contribution in [0.1, 0.15) is 6.42 Å². The maximum absolute atomic E-state index is 13.0. The Morgan fingerprint density at radius 1 is 1.55 bits per heavy atom. The second kappa shape index (κ2) is 2.70. The van der Waals surface area contributed by atoms with Gasteiger partial charge in [-0.2, -0.15) is 0 Å². The molecule has 1 rings (SSSR count). The van der Waals surface area contributed by atoms with E-state index < -0.39 is 23.9 Å². The lowest BCUT2D eigenvalue weighted by atomic mass is 10.1. The first-order chi connectivity index (χ1) is 5.06. The molecule has 0 saturated carbocycles. The number of hydrogen-bond donors (Lipinski definition) is 0. The molecule has 0 fully saturated rings. The first kappa shape index (κ1) is 8.33. The molecule has 1 aliphatic rings. The molecule has 1 atom stereocenters. The average molecular weight is 164 g/mol. The molecule has 0 spiro atoms. The molecule has 0 aromatic heterocycles. The van der Waals surface area contributed by atoms with Gasteiger partial charge in [0.1, 0.15) is 11.7 Å². The van der Waals surface area contributed by atoms with Gasteiger partial charge in [-0.15, -0.1) is 0 Å². The van der Waals surface area contributed by atoms with Crippen LogP contribution in [0.15, 0.2) is 23.8 Å². The maximum Gasteiger partial charge on any atom is 0.237 e. The molecule has 0 amide bonds. The van der Waals surface area contributed by atoms with Crippen LogP contribution in [-0.2, 0) is 4.74 Å². The molecule has 62 valence electrons. The van der Waals surface area contributed by atoms with Gasteiger partial charge >= 0.3 is 0 Å². The van der Waals surface area contributed by atoms with Gasteiger partial charge in [0.15, 0.2) is 0 Å². The van der Waals surface area contributed by atoms with E-state index in [-0.39, 0.29) is 0 Å². The molecule has 0 N–H and O–H groups in total. The topological polar surface area (TPSA) is 9.23 Å². The third kappa shape index (κ3) is 1.83. The number of rotatable bonds is 1. The summed E-state index contributed by atoms with van der Waals surface area (Å²) in [4.78, 5) is 0. The van der Waals surface area contributed by atoms with Gasteiger partial charge in [-0.1, -0.05) is 0 Å². The molecule has 0 bridgehead atoms. The number of ether oxygens (including phenoxy) is 1. The highest BCUT2D eigenvalue weighted by Crippen LogP contribution is 2.31. The summed E-state index contributed by atoms with van der Waals surface area (Å²) in [5, 5.41) is 0. The summed E-state index contributed by atoms with van der Waals surface area (Å²) in [7, 11) is 1.06. The van der Waals surface area contributed by atoms with Crippen molar-refractivity contribution in [3.8, 4) is 0 Å². The van der Waals surface area contributed by atoms with Gasteiger partial charge in [0.25, 0.3) is 0 Å². The summed E-state index contributed by atoms with van der Waals surface area (Å²) in [6.45, 7) is 0. The third-order valence-corrected chi connectivity index (χ3v) is 1.40. The van der Waals surface area contributed by atoms with Crippen molar-refractivity contribution in [3.63, 3.8) is 0 Å². The van der Waals surface area contributed by atoms with Gasteiger partial charge in [-0.25, -0.2) is 13.2 Å². The Kier molecular flexibility index (Phi) is 2.04. The van der Waals surface area contributed by atoms with Crippen LogP contribution in [-0.4, -0.2) is 13.0 Å². The highest BCUT2D eigenvalue weighted by atomic mass is 19.2. The molecule has 4 heteroatoms. The van der Waals surface area contributed by atoms with E-state index in [9.17, 15) is 13.2 Å². The fourth-order valence-corrected chi connectivity index (χ4v) is 0.861. The van der Waals surface area contributed by atoms with Crippen molar-refractivity contribution < 1.29 is 17.9 Å². The normalized spacial score (nSPS) is 31.3. The molecule has 1 aliphatic carbocycles. The molecule has 0 aromatic rings. The van der Waals surface area contributed by atoms with Crippen LogP contribution in [0.4, 0.5) is 13.2 Å². The van der Waals surface area contributed by atoms with Crippen molar-refractivity contribution in [2.45, 2.75) is 12.3 Å². The summed E-state index contributed by atoms with van der Waals surface area (Å²) in [5.41, 5.74) is 0. The fourth-order valence-electron chi connectivity index (χ4n) is 0.861. The molecule has 11 heavy (non-hydrogen) atoms. The Labute approximate surface area is 62.2 Å². The predicted molar refractivity (Wildman–Crippen MR) is 33.8 cm³/mol. The van der Waals surface area contributed by atoms with Crippen LogP contribution >= 0.6 is 0 Å². The monoisotopic (exact) mass is 164 g/mol. The number of allylic oxidation sites excluding steroid dienone is 2. The molecular weight excluding hydrogens is 157 g/mol. The van der Waals surface area contributed by atoms with Crippen molar-refractivity contribution in [1.29, 1.82) is 0 Å². The quantitative estimate of drug-likeness (QED) is 0.578. The van der Waals surface area contributed by atoms with Crippen LogP contribution in [0, 0.1) is 0 Å². The Bertz CT molecular complexity index is 222. The van der Waals surface area contributed by atoms with Crippen LogP contribution in [0.2, 0.25) is 0 Å². The van der Waals surface area contributed by atoms with E-state index in [2.05, 4.69) is 4.74 Å². The summed E-state index contributed by atoms with van der Waals surface area (Å²) >= 11 is 0. The van der Waals surface area contributed by atoms with Crippen molar-refractivity contribution in [2.24, 2.45) is 0 Å². The molecule has 0 aromatic carbocycles. The number of halogens is 3. The molecule has 0 radical (unpaired) electrons. The van der Waals surface area contributed by atoms with E-state index in [1.165, 1.54) is 0 Å². The molecular formula is C7H7F3O. The summed E-state index contributed by atoms with van der Waals surface area (Å²) in [5.74, 6) is -4.12. The Morgan fingerprint density at radius 2 is 2.18 bits per heavy atom. The van der Waals surface area contributed by atoms with Crippen LogP contribution in [0.25, 0.3) is 0 Å². The zero-order valence-corrected chi connectivity index (χ0v) is 5.90. The van der Waals surface area contributed by atoms with Crippen molar-refractivity contribution in [2.75, 3.05) is 7.11 Å². The molecule has 1 nitrogen and oxygen atoms in total. The van der Waals surface area contributed by atoms with Gasteiger partial charge in [-0.05, 0) is 0 Å². The molecule has 0 heterocycles. The van der Waals surface area contributed by atoms with E-state index in [1.807, 2.05) is 0 Å². The maximum atomic E-state index is 13.0. The van der Waals surface area contributed by atoms with Gasteiger partial charge in [0, 0.05) is 19.3 Å². The zero-order chi connectivity index (χ0) is 8.48. The summed E-state index contributed by atoms with van der Waals surface area (Å²) < 4.78 is 42.0. The summed E-state index contributed by atoms with van der Waals surface area (Å²) in [6, 6.07) is 0. The number of methoxy groups -OCH3 is 1. The van der Waals surface area contributed by atoms with E-state index in [0.29, 0.717) is 12.2 Å². The van der Waals surface area contributed by atoms with E-state index >= 15 is 0 Å². The minimum Gasteiger partial charge on any atom is -0.346 e. The number of alkyl halides is 1. The average Bonchev–Trinajstić information content (AvgIpc) is 1.84. The van der Waals surface area contributed by atoms with Gasteiger partial charge < -0.3 is 4.74 Å². The van der Waals surface area contributed by atoms with Crippen LogP contribution in [0.5, 0.6) is 0 Å². The third-order valence-electron chi connectivity index (χ3n) is 1.40. The first-order valence-corrected chi connectivity index (χ1v) is 3.04. The highest BCUT2D eigenvalue weighted by molar-refractivity contribution is 5.24. The molecule has 1 unspecified atom stereocenters. The smallest absolute Gasteiger partial charge is 0.237 e. The van der Waals surface area contributed by atoms with Crippen LogP contribution in [0.3, 0.4) is 0 Å². The fraction of sp³-hybridized carbons (Fsp3) is 0.429. The lowest BCUT2D eigenvalue weighted by molar-refractivity contribution is -0.0834. The lowest BCUT2D eigenvalue weighted by Gasteiger charge is -2.21. The van der Waals surface area contributed by atoms with E-state index in [1.54, 1.807) is 0 Å². The van der Waals surface area contributed by atoms with Gasteiger partial charge in [-0.3, -0.25) is 0 Å². The van der Waals surface area contributed by atoms with Gasteiger partial charge in [0.05, 0.1) is 6.42 Å². The minimum absolute atomic E-state index is 0.559. The van der Waals surface area contributed by atoms with Crippen molar-refractivity contribution in [1.82, 2.24) is 0 Å². The largest absolute Gasteiger partial charge is 0.346 e. The number of hydrogen-bond acceptors (Lipinski definition) is 1. The summed E-state index contributed by atoms with van der Waals surface area (Å²) in [6.07, 6.45) is 0.684. The standard InChI is InChI=1S/C7H7F3O/c1-11-7(10)3-5(8)2-6(9)4-7/h2-3H,4H2,1H3. The second-order valence-corrected chi connectivity index (χ2v) is 2.29. The lowest BCUT2D eigenvalue weighted by Crippen LogP contribution is -2.24. The minimum atomic E-state index is -2.32.